The van der Waals surface area contributed by atoms with E-state index in [1.807, 2.05) is 0 Å². The Bertz CT molecular complexity index is 2940. The molecule has 2 aliphatic rings. The Morgan fingerprint density at radius 1 is 0.294 bits per heavy atom. The Kier molecular flexibility index (Phi) is 6.24. The van der Waals surface area contributed by atoms with Gasteiger partial charge in [-0.05, 0) is 153 Å². The van der Waals surface area contributed by atoms with Crippen molar-refractivity contribution in [3.63, 3.8) is 0 Å². The minimum absolute atomic E-state index is 1.02. The summed E-state index contributed by atoms with van der Waals surface area (Å²) in [7, 11) is 0. The summed E-state index contributed by atoms with van der Waals surface area (Å²) in [5.41, 5.74) is 16.6. The minimum atomic E-state index is 1.02. The average Bonchev–Trinajstić information content (AvgIpc) is 3.60. The molecule has 0 amide bonds. The van der Waals surface area contributed by atoms with Crippen LogP contribution in [-0.2, 0) is 12.8 Å². The zero-order valence-corrected chi connectivity index (χ0v) is 28.3. The first-order chi connectivity index (χ1) is 25.2. The summed E-state index contributed by atoms with van der Waals surface area (Å²) < 4.78 is 0. The Morgan fingerprint density at radius 3 is 1.73 bits per heavy atom. The summed E-state index contributed by atoms with van der Waals surface area (Å²) in [4.78, 5) is 0. The second-order valence-corrected chi connectivity index (χ2v) is 14.4. The maximum Gasteiger partial charge on any atom is -0.000456 e. The maximum atomic E-state index is 2.39. The van der Waals surface area contributed by atoms with Crippen molar-refractivity contribution in [3.8, 4) is 33.4 Å². The van der Waals surface area contributed by atoms with E-state index in [1.165, 1.54) is 104 Å². The molecule has 0 saturated carbocycles. The molecule has 51 heavy (non-hydrogen) atoms. The Morgan fingerprint density at radius 2 is 0.882 bits per heavy atom. The van der Waals surface area contributed by atoms with Crippen molar-refractivity contribution >= 4 is 54.2 Å². The highest BCUT2D eigenvalue weighted by Gasteiger charge is 2.28. The predicted molar refractivity (Wildman–Crippen MR) is 218 cm³/mol. The van der Waals surface area contributed by atoms with Crippen molar-refractivity contribution < 1.29 is 0 Å². The van der Waals surface area contributed by atoms with Gasteiger partial charge in [0.15, 0.2) is 0 Å². The fourth-order valence-corrected chi connectivity index (χ4v) is 9.08. The molecular formula is C51H34. The lowest BCUT2D eigenvalue weighted by molar-refractivity contribution is 0.996. The van der Waals surface area contributed by atoms with Gasteiger partial charge in [0.2, 0.25) is 0 Å². The van der Waals surface area contributed by atoms with E-state index in [2.05, 4.69) is 170 Å². The molecule has 0 unspecified atom stereocenters. The number of hydrogen-bond donors (Lipinski definition) is 0. The van der Waals surface area contributed by atoms with Crippen LogP contribution >= 0.6 is 0 Å². The molecule has 0 aliphatic heterocycles. The van der Waals surface area contributed by atoms with Crippen molar-refractivity contribution in [2.24, 2.45) is 0 Å². The minimum Gasteiger partial charge on any atom is -0.0620 e. The molecule has 0 atom stereocenters. The van der Waals surface area contributed by atoms with E-state index in [1.54, 1.807) is 5.57 Å². The molecule has 0 radical (unpaired) electrons. The van der Waals surface area contributed by atoms with Crippen LogP contribution in [0.1, 0.15) is 28.7 Å². The summed E-state index contributed by atoms with van der Waals surface area (Å²) in [6, 6.07) is 63.6. The normalized spacial score (nSPS) is 13.6. The third-order valence-corrected chi connectivity index (χ3v) is 11.6. The van der Waals surface area contributed by atoms with Crippen molar-refractivity contribution in [2.75, 3.05) is 0 Å². The maximum absolute atomic E-state index is 2.39. The number of aryl methyl sites for hydroxylation is 1. The van der Waals surface area contributed by atoms with Crippen LogP contribution in [0.3, 0.4) is 0 Å². The van der Waals surface area contributed by atoms with Gasteiger partial charge in [-0.1, -0.05) is 146 Å². The third kappa shape index (κ3) is 4.53. The van der Waals surface area contributed by atoms with E-state index in [0.29, 0.717) is 0 Å². The van der Waals surface area contributed by atoms with E-state index in [-0.39, 0.29) is 0 Å². The SMILES string of the molecule is c1cc(-c2ccc3cc(-c4ccc5ccc6c7ccccc7ccc6c5c4)ccc3c2)cc(-c2cccc3c2CC2=C3CCc3ccccc32)c1. The average molecular weight is 647 g/mol. The fourth-order valence-electron chi connectivity index (χ4n) is 9.08. The van der Waals surface area contributed by atoms with Crippen LogP contribution < -0.4 is 0 Å². The molecule has 0 nitrogen and oxygen atoms in total. The van der Waals surface area contributed by atoms with Crippen molar-refractivity contribution in [1.82, 2.24) is 0 Å². The van der Waals surface area contributed by atoms with Gasteiger partial charge in [0.1, 0.15) is 0 Å². The van der Waals surface area contributed by atoms with Crippen LogP contribution in [0.4, 0.5) is 0 Å². The summed E-state index contributed by atoms with van der Waals surface area (Å²) in [5.74, 6) is 0. The van der Waals surface area contributed by atoms with Gasteiger partial charge in [0, 0.05) is 0 Å². The molecule has 0 N–H and O–H groups in total. The molecule has 0 bridgehead atoms. The molecule has 0 saturated heterocycles. The Balaban J connectivity index is 0.933. The van der Waals surface area contributed by atoms with E-state index in [9.17, 15) is 0 Å². The standard InChI is InChI=1S/C51H34/c1-3-11-42-32(7-1)21-25-47-46(42)24-23-34-15-16-40(30-49(34)47)39-20-19-37-27-36(17-18-38(37)28-39)35-9-5-10-41(29-35)44-13-6-14-45-48-26-22-33-8-2-4-12-43(33)50(48)31-51(44)45/h1-21,23-25,27-30H,22,26,31H2. The van der Waals surface area contributed by atoms with Crippen LogP contribution in [0.25, 0.3) is 87.6 Å². The van der Waals surface area contributed by atoms with Gasteiger partial charge in [-0.2, -0.15) is 0 Å². The highest BCUT2D eigenvalue weighted by molar-refractivity contribution is 6.17. The van der Waals surface area contributed by atoms with Gasteiger partial charge < -0.3 is 0 Å². The van der Waals surface area contributed by atoms with E-state index in [4.69, 9.17) is 0 Å². The smallest absolute Gasteiger partial charge is 0.000456 e. The van der Waals surface area contributed by atoms with Crippen LogP contribution in [0.2, 0.25) is 0 Å². The first kappa shape index (κ1) is 28.6. The molecule has 0 aromatic heterocycles. The van der Waals surface area contributed by atoms with E-state index < -0.39 is 0 Å². The Hall–Kier alpha value is -6.24. The largest absolute Gasteiger partial charge is 0.0620 e. The summed E-state index contributed by atoms with van der Waals surface area (Å²) in [5, 5.41) is 10.3. The van der Waals surface area contributed by atoms with Crippen molar-refractivity contribution in [2.45, 2.75) is 19.3 Å². The second-order valence-electron chi connectivity index (χ2n) is 14.4. The first-order valence-corrected chi connectivity index (χ1v) is 18.2. The van der Waals surface area contributed by atoms with Gasteiger partial charge in [0.05, 0.1) is 0 Å². The molecule has 9 aromatic carbocycles. The van der Waals surface area contributed by atoms with Gasteiger partial charge in [-0.3, -0.25) is 0 Å². The lowest BCUT2D eigenvalue weighted by atomic mass is 9.86. The molecule has 9 aromatic rings. The van der Waals surface area contributed by atoms with Gasteiger partial charge in [0.25, 0.3) is 0 Å². The van der Waals surface area contributed by atoms with Crippen molar-refractivity contribution in [1.29, 1.82) is 0 Å². The van der Waals surface area contributed by atoms with Crippen LogP contribution in [0, 0.1) is 0 Å². The summed E-state index contributed by atoms with van der Waals surface area (Å²) in [6.07, 6.45) is 3.29. The lowest BCUT2D eigenvalue weighted by Gasteiger charge is -2.18. The van der Waals surface area contributed by atoms with Crippen LogP contribution in [-0.4, -0.2) is 0 Å². The number of hydrogen-bond acceptors (Lipinski definition) is 0. The molecule has 0 spiro atoms. The summed E-state index contributed by atoms with van der Waals surface area (Å²) in [6.45, 7) is 0. The number of benzene rings is 9. The number of rotatable bonds is 3. The summed E-state index contributed by atoms with van der Waals surface area (Å²) >= 11 is 0. The Labute approximate surface area is 298 Å². The molecule has 0 fully saturated rings. The van der Waals surface area contributed by atoms with Crippen LogP contribution in [0.15, 0.2) is 170 Å². The molecular weight excluding hydrogens is 613 g/mol. The highest BCUT2D eigenvalue weighted by atomic mass is 14.3. The highest BCUT2D eigenvalue weighted by Crippen LogP contribution is 2.48. The first-order valence-electron chi connectivity index (χ1n) is 18.2. The monoisotopic (exact) mass is 646 g/mol. The topological polar surface area (TPSA) is 0 Å². The molecule has 0 heteroatoms. The zero-order chi connectivity index (χ0) is 33.5. The molecule has 238 valence electrons. The number of fused-ring (bicyclic) bond motifs is 10. The number of allylic oxidation sites excluding steroid dienone is 2. The second kappa shape index (κ2) is 11.1. The lowest BCUT2D eigenvalue weighted by Crippen LogP contribution is -2.01. The molecule has 2 aliphatic carbocycles. The third-order valence-electron chi connectivity index (χ3n) is 11.6. The van der Waals surface area contributed by atoms with Gasteiger partial charge >= 0.3 is 0 Å². The zero-order valence-electron chi connectivity index (χ0n) is 28.3. The van der Waals surface area contributed by atoms with E-state index in [0.717, 1.165) is 19.3 Å². The molecule has 0 heterocycles. The van der Waals surface area contributed by atoms with Crippen molar-refractivity contribution in [3.05, 3.63) is 192 Å². The van der Waals surface area contributed by atoms with E-state index >= 15 is 0 Å². The molecule has 11 rings (SSSR count). The van der Waals surface area contributed by atoms with Gasteiger partial charge in [-0.15, -0.1) is 0 Å². The predicted octanol–water partition coefficient (Wildman–Crippen LogP) is 13.7. The fraction of sp³-hybridized carbons (Fsp3) is 0.0588. The van der Waals surface area contributed by atoms with Gasteiger partial charge in [-0.25, -0.2) is 0 Å². The quantitative estimate of drug-likeness (QED) is 0.168. The van der Waals surface area contributed by atoms with Crippen LogP contribution in [0.5, 0.6) is 0 Å².